The number of anilines is 2. The molecular weight excluding hydrogens is 832 g/mol. The molecule has 0 fully saturated rings. The van der Waals surface area contributed by atoms with E-state index in [0.717, 1.165) is 32.1 Å². The molecule has 0 saturated carbocycles. The van der Waals surface area contributed by atoms with Gasteiger partial charge in [0.2, 0.25) is 17.2 Å². The first-order valence-electron chi connectivity index (χ1n) is 17.5. The standard InChI is InChI=1S/C25H25F3N2O6.C7H12ClN5.C3H8NO5P/c1-5-16-6-7-17(20(12-16)36-15(2)23(32)34-4)14-35-19-10-8-18(9-11-19)30-22(31)13-21(25(26,27)28)29(3)24(30)33;1-3-9-6-11-5(8)12-7(13-6)10-4-2;5-3(6)1-4-2-10(7,8)9/h6-13,15H,5,14H2,1-4H3;3-4H2,1-2H3,(H2,9,10,11,12,13);4H,1-2H2,(H,5,6)(H2,7,8,9). The Morgan fingerprint density at radius 3 is 2.05 bits per heavy atom. The summed E-state index contributed by atoms with van der Waals surface area (Å²) in [6.07, 6.45) is -5.51. The number of alkyl halides is 3. The van der Waals surface area contributed by atoms with Crippen LogP contribution in [0.15, 0.2) is 58.1 Å². The lowest BCUT2D eigenvalue weighted by Crippen LogP contribution is -2.40. The van der Waals surface area contributed by atoms with Crippen molar-refractivity contribution in [2.75, 3.05) is 43.7 Å². The normalized spacial score (nSPS) is 11.5. The van der Waals surface area contributed by atoms with Crippen LogP contribution in [0, 0.1) is 0 Å². The van der Waals surface area contributed by atoms with E-state index in [1.807, 2.05) is 39.0 Å². The summed E-state index contributed by atoms with van der Waals surface area (Å²) in [4.78, 5) is 74.5. The van der Waals surface area contributed by atoms with Gasteiger partial charge in [0.15, 0.2) is 6.10 Å². The number of methoxy groups -OCH3 is 1. The van der Waals surface area contributed by atoms with Gasteiger partial charge in [-0.3, -0.25) is 24.0 Å². The number of carboxylic acid groups (broad SMARTS) is 1. The second kappa shape index (κ2) is 23.2. The van der Waals surface area contributed by atoms with Crippen molar-refractivity contribution in [1.82, 2.24) is 29.4 Å². The van der Waals surface area contributed by atoms with Crippen molar-refractivity contribution in [3.05, 3.63) is 91.5 Å². The molecular formula is C35H45ClF3N8O11P. The SMILES string of the molecule is CCNc1nc(Cl)nc(NCC)n1.CCc1ccc(COc2ccc(-n3c(=O)cc(C(F)(F)F)n(C)c3=O)cc2)c(OC(C)C(=O)OC)c1.O=C(O)CNCP(=O)(O)O. The van der Waals surface area contributed by atoms with Crippen molar-refractivity contribution in [2.45, 2.75) is 53.0 Å². The van der Waals surface area contributed by atoms with Gasteiger partial charge in [0.05, 0.1) is 25.6 Å². The maximum absolute atomic E-state index is 13.1. The van der Waals surface area contributed by atoms with Gasteiger partial charge in [-0.1, -0.05) is 19.1 Å². The predicted octanol–water partition coefficient (Wildman–Crippen LogP) is 3.82. The summed E-state index contributed by atoms with van der Waals surface area (Å²) in [5.74, 6) is 0.167. The number of hydrogen-bond acceptors (Lipinski definition) is 14. The van der Waals surface area contributed by atoms with E-state index >= 15 is 0 Å². The minimum atomic E-state index is -4.84. The summed E-state index contributed by atoms with van der Waals surface area (Å²) < 4.78 is 66.5. The fourth-order valence-corrected chi connectivity index (χ4v) is 5.14. The van der Waals surface area contributed by atoms with Crippen LogP contribution >= 0.6 is 19.2 Å². The van der Waals surface area contributed by atoms with Crippen molar-refractivity contribution in [1.29, 1.82) is 0 Å². The first kappa shape index (κ1) is 49.6. The molecule has 0 saturated heterocycles. The maximum Gasteiger partial charge on any atom is 0.431 e. The van der Waals surface area contributed by atoms with Crippen LogP contribution in [0.2, 0.25) is 5.28 Å². The Morgan fingerprint density at radius 2 is 1.56 bits per heavy atom. The summed E-state index contributed by atoms with van der Waals surface area (Å²) >= 11 is 5.68. The van der Waals surface area contributed by atoms with Crippen molar-refractivity contribution in [2.24, 2.45) is 7.05 Å². The molecule has 4 rings (SSSR count). The van der Waals surface area contributed by atoms with Gasteiger partial charge in [-0.15, -0.1) is 0 Å². The van der Waals surface area contributed by atoms with Crippen LogP contribution in [0.1, 0.15) is 44.5 Å². The minimum absolute atomic E-state index is 0.0779. The molecule has 324 valence electrons. The molecule has 1 atom stereocenters. The average Bonchev–Trinajstić information content (AvgIpc) is 3.15. The first-order valence-corrected chi connectivity index (χ1v) is 19.7. The number of aryl methyl sites for hydroxylation is 1. The van der Waals surface area contributed by atoms with Crippen molar-refractivity contribution >= 4 is 43.0 Å². The van der Waals surface area contributed by atoms with Gasteiger partial charge in [0, 0.05) is 31.8 Å². The first-order chi connectivity index (χ1) is 27.6. The summed E-state index contributed by atoms with van der Waals surface area (Å²) in [6, 6.07) is 11.7. The molecule has 0 aliphatic heterocycles. The van der Waals surface area contributed by atoms with Gasteiger partial charge in [-0.2, -0.15) is 28.1 Å². The van der Waals surface area contributed by atoms with E-state index in [4.69, 9.17) is 40.7 Å². The molecule has 0 radical (unpaired) electrons. The lowest BCUT2D eigenvalue weighted by molar-refractivity contribution is -0.148. The van der Waals surface area contributed by atoms with E-state index in [2.05, 4.69) is 30.9 Å². The number of nitrogens with zero attached hydrogens (tertiary/aromatic N) is 5. The molecule has 0 aliphatic carbocycles. The number of carbonyl (C=O) groups is 2. The van der Waals surface area contributed by atoms with E-state index < -0.39 is 61.6 Å². The van der Waals surface area contributed by atoms with Gasteiger partial charge in [-0.25, -0.2) is 14.2 Å². The molecule has 2 heterocycles. The van der Waals surface area contributed by atoms with Crippen LogP contribution in [0.5, 0.6) is 11.5 Å². The Balaban J connectivity index is 0.000000424. The van der Waals surface area contributed by atoms with E-state index in [-0.39, 0.29) is 17.6 Å². The third kappa shape index (κ3) is 16.7. The third-order valence-corrected chi connectivity index (χ3v) is 8.15. The molecule has 6 N–H and O–H groups in total. The number of halogens is 4. The number of nitrogens with one attached hydrogen (secondary N) is 3. The topological polar surface area (TPSA) is 258 Å². The van der Waals surface area contributed by atoms with Crippen LogP contribution in [0.4, 0.5) is 25.1 Å². The number of carbonyl (C=O) groups excluding carboxylic acids is 1. The number of benzene rings is 2. The number of ether oxygens (including phenoxy) is 3. The summed E-state index contributed by atoms with van der Waals surface area (Å²) in [7, 11) is -1.88. The van der Waals surface area contributed by atoms with Crippen molar-refractivity contribution in [3.63, 3.8) is 0 Å². The highest BCUT2D eigenvalue weighted by atomic mass is 35.5. The molecule has 4 aromatic rings. The second-order valence-corrected chi connectivity index (χ2v) is 13.8. The zero-order valence-electron chi connectivity index (χ0n) is 32.7. The quantitative estimate of drug-likeness (QED) is 0.0691. The summed E-state index contributed by atoms with van der Waals surface area (Å²) in [5, 5.41) is 16.2. The Labute approximate surface area is 340 Å². The Bertz CT molecular complexity index is 2160. The van der Waals surface area contributed by atoms with Crippen LogP contribution in [-0.2, 0) is 45.1 Å². The van der Waals surface area contributed by atoms with Crippen LogP contribution in [0.25, 0.3) is 5.69 Å². The number of esters is 1. The van der Waals surface area contributed by atoms with Crippen molar-refractivity contribution < 1.29 is 56.4 Å². The number of aromatic nitrogens is 5. The largest absolute Gasteiger partial charge is 0.489 e. The van der Waals surface area contributed by atoms with E-state index in [9.17, 15) is 36.9 Å². The highest BCUT2D eigenvalue weighted by Crippen LogP contribution is 2.32. The highest BCUT2D eigenvalue weighted by Gasteiger charge is 2.35. The van der Waals surface area contributed by atoms with Gasteiger partial charge in [0.25, 0.3) is 5.56 Å². The average molecular weight is 877 g/mol. The molecule has 0 aliphatic rings. The molecule has 2 aromatic heterocycles. The molecule has 0 bridgehead atoms. The maximum atomic E-state index is 13.1. The van der Waals surface area contributed by atoms with Gasteiger partial charge in [-0.05, 0) is 74.7 Å². The summed E-state index contributed by atoms with van der Waals surface area (Å²) in [6.45, 7) is 8.63. The fraction of sp³-hybridized carbons (Fsp3) is 0.400. The number of aliphatic carboxylic acids is 1. The summed E-state index contributed by atoms with van der Waals surface area (Å²) in [5.41, 5.74) is -1.80. The van der Waals surface area contributed by atoms with E-state index in [1.54, 1.807) is 6.92 Å². The predicted molar refractivity (Wildman–Crippen MR) is 210 cm³/mol. The van der Waals surface area contributed by atoms with Crippen LogP contribution in [0.3, 0.4) is 0 Å². The molecule has 0 amide bonds. The zero-order valence-corrected chi connectivity index (χ0v) is 34.4. The Hall–Kier alpha value is -5.54. The second-order valence-electron chi connectivity index (χ2n) is 11.9. The fourth-order valence-electron chi connectivity index (χ4n) is 4.57. The highest BCUT2D eigenvalue weighted by molar-refractivity contribution is 7.51. The molecule has 1 unspecified atom stereocenters. The Morgan fingerprint density at radius 1 is 0.966 bits per heavy atom. The zero-order chi connectivity index (χ0) is 44.5. The lowest BCUT2D eigenvalue weighted by Gasteiger charge is -2.17. The van der Waals surface area contributed by atoms with Crippen molar-refractivity contribution in [3.8, 4) is 17.2 Å². The van der Waals surface area contributed by atoms with Crippen LogP contribution in [-0.4, -0.2) is 90.1 Å². The van der Waals surface area contributed by atoms with Gasteiger partial charge in [0.1, 0.15) is 23.8 Å². The number of hydrogen-bond donors (Lipinski definition) is 6. The molecule has 24 heteroatoms. The van der Waals surface area contributed by atoms with Gasteiger partial charge >= 0.3 is 31.4 Å². The smallest absolute Gasteiger partial charge is 0.431 e. The Kier molecular flexibility index (Phi) is 19.5. The third-order valence-electron chi connectivity index (χ3n) is 7.35. The molecule has 19 nitrogen and oxygen atoms in total. The number of carboxylic acids is 1. The lowest BCUT2D eigenvalue weighted by atomic mass is 10.1. The van der Waals surface area contributed by atoms with E-state index in [0.29, 0.717) is 44.2 Å². The van der Waals surface area contributed by atoms with E-state index in [1.165, 1.54) is 31.4 Å². The monoisotopic (exact) mass is 876 g/mol. The molecule has 2 aromatic carbocycles. The molecule has 59 heavy (non-hydrogen) atoms. The van der Waals surface area contributed by atoms with Gasteiger partial charge < -0.3 is 39.7 Å². The number of rotatable bonds is 16. The molecule has 0 spiro atoms. The minimum Gasteiger partial charge on any atom is -0.489 e. The van der Waals surface area contributed by atoms with Crippen LogP contribution < -0.4 is 36.7 Å².